The molecule has 0 amide bonds. The molecule has 0 atom stereocenters. The van der Waals surface area contributed by atoms with Gasteiger partial charge in [-0.15, -0.1) is 0 Å². The van der Waals surface area contributed by atoms with Gasteiger partial charge in [-0.2, -0.15) is 5.26 Å². The highest BCUT2D eigenvalue weighted by Gasteiger charge is 2.04. The lowest BCUT2D eigenvalue weighted by atomic mass is 10.4. The molecule has 0 aliphatic rings. The monoisotopic (exact) mass is 254 g/mol. The van der Waals surface area contributed by atoms with E-state index in [4.69, 9.17) is 5.26 Å². The predicted octanol–water partition coefficient (Wildman–Crippen LogP) is 1.90. The molecule has 4 nitrogen and oxygen atoms in total. The van der Waals surface area contributed by atoms with Gasteiger partial charge in [0.25, 0.3) is 0 Å². The maximum Gasteiger partial charge on any atom is 0.133 e. The van der Waals surface area contributed by atoms with E-state index in [0.29, 0.717) is 13.0 Å². The minimum atomic E-state index is 0.497. The molecule has 1 rings (SSSR count). The van der Waals surface area contributed by atoms with Gasteiger partial charge in [0, 0.05) is 19.7 Å². The molecule has 14 heavy (non-hydrogen) atoms. The number of hydrogen-bond acceptors (Lipinski definition) is 4. The van der Waals surface area contributed by atoms with Crippen LogP contribution in [0.25, 0.3) is 0 Å². The Balaban J connectivity index is 2.79. The van der Waals surface area contributed by atoms with Crippen LogP contribution in [0.5, 0.6) is 0 Å². The normalized spacial score (nSPS) is 9.57. The minimum Gasteiger partial charge on any atom is -0.359 e. The Morgan fingerprint density at radius 3 is 2.86 bits per heavy atom. The van der Waals surface area contributed by atoms with Gasteiger partial charge in [0.05, 0.1) is 12.5 Å². The lowest BCUT2D eigenvalue weighted by molar-refractivity contribution is 0.867. The molecular formula is C9H11BrN4. The molecular weight excluding hydrogens is 244 g/mol. The van der Waals surface area contributed by atoms with Gasteiger partial charge in [-0.1, -0.05) is 0 Å². The van der Waals surface area contributed by atoms with Crippen LogP contribution < -0.4 is 4.90 Å². The highest BCUT2D eigenvalue weighted by atomic mass is 79.9. The van der Waals surface area contributed by atoms with Crippen LogP contribution in [0.4, 0.5) is 5.82 Å². The first kappa shape index (κ1) is 10.9. The zero-order chi connectivity index (χ0) is 10.6. The molecule has 0 spiro atoms. The largest absolute Gasteiger partial charge is 0.359 e. The van der Waals surface area contributed by atoms with Crippen LogP contribution in [0.15, 0.2) is 10.7 Å². The maximum atomic E-state index is 8.45. The van der Waals surface area contributed by atoms with Crippen LogP contribution in [-0.2, 0) is 0 Å². The van der Waals surface area contributed by atoms with E-state index < -0.39 is 0 Å². The molecule has 0 aromatic carbocycles. The maximum absolute atomic E-state index is 8.45. The van der Waals surface area contributed by atoms with Gasteiger partial charge in [0.1, 0.15) is 16.2 Å². The molecule has 0 aliphatic carbocycles. The predicted molar refractivity (Wildman–Crippen MR) is 58.0 cm³/mol. The summed E-state index contributed by atoms with van der Waals surface area (Å²) in [6, 6.07) is 3.94. The second kappa shape index (κ2) is 4.91. The van der Waals surface area contributed by atoms with Gasteiger partial charge in [-0.25, -0.2) is 9.97 Å². The molecule has 0 saturated heterocycles. The van der Waals surface area contributed by atoms with E-state index in [0.717, 1.165) is 16.2 Å². The molecule has 1 heterocycles. The summed E-state index contributed by atoms with van der Waals surface area (Å²) >= 11 is 3.31. The lowest BCUT2D eigenvalue weighted by Crippen LogP contribution is -2.19. The summed E-state index contributed by atoms with van der Waals surface area (Å²) in [4.78, 5) is 10.3. The van der Waals surface area contributed by atoms with Crippen molar-refractivity contribution in [3.63, 3.8) is 0 Å². The number of aromatic nitrogens is 2. The fourth-order valence-corrected chi connectivity index (χ4v) is 1.51. The number of anilines is 1. The first-order valence-corrected chi connectivity index (χ1v) is 5.02. The van der Waals surface area contributed by atoms with E-state index in [9.17, 15) is 0 Å². The Kier molecular flexibility index (Phi) is 3.84. The van der Waals surface area contributed by atoms with Crippen LogP contribution in [0.1, 0.15) is 12.2 Å². The fourth-order valence-electron chi connectivity index (χ4n) is 1.04. The second-order valence-electron chi connectivity index (χ2n) is 2.93. The van der Waals surface area contributed by atoms with Crippen molar-refractivity contribution in [1.29, 1.82) is 5.26 Å². The molecule has 74 valence electrons. The number of nitriles is 1. The van der Waals surface area contributed by atoms with E-state index >= 15 is 0 Å². The number of nitrogens with zero attached hydrogens (tertiary/aromatic N) is 4. The summed E-state index contributed by atoms with van der Waals surface area (Å²) in [6.45, 7) is 2.52. The molecule has 0 radical (unpaired) electrons. The Labute approximate surface area is 91.7 Å². The van der Waals surface area contributed by atoms with E-state index in [1.54, 1.807) is 0 Å². The van der Waals surface area contributed by atoms with Gasteiger partial charge < -0.3 is 4.90 Å². The van der Waals surface area contributed by atoms with E-state index in [1.165, 1.54) is 0 Å². The van der Waals surface area contributed by atoms with Crippen molar-refractivity contribution in [2.75, 3.05) is 18.5 Å². The topological polar surface area (TPSA) is 52.8 Å². The van der Waals surface area contributed by atoms with Crippen molar-refractivity contribution in [2.24, 2.45) is 0 Å². The van der Waals surface area contributed by atoms with Gasteiger partial charge in [-0.05, 0) is 22.9 Å². The number of halogens is 1. The number of rotatable bonds is 3. The third kappa shape index (κ3) is 2.96. The molecule has 1 aromatic rings. The second-order valence-corrected chi connectivity index (χ2v) is 3.74. The molecule has 0 fully saturated rings. The number of hydrogen-bond donors (Lipinski definition) is 0. The first-order chi connectivity index (χ1) is 6.63. The third-order valence-electron chi connectivity index (χ3n) is 1.74. The summed E-state index contributed by atoms with van der Waals surface area (Å²) in [7, 11) is 1.91. The zero-order valence-electron chi connectivity index (χ0n) is 8.16. The molecule has 0 aliphatic heterocycles. The lowest BCUT2D eigenvalue weighted by Gasteiger charge is -2.16. The van der Waals surface area contributed by atoms with E-state index in [1.807, 2.05) is 24.9 Å². The van der Waals surface area contributed by atoms with Gasteiger partial charge in [-0.3, -0.25) is 0 Å². The summed E-state index contributed by atoms with van der Waals surface area (Å²) in [5.41, 5.74) is 0. The van der Waals surface area contributed by atoms with Crippen molar-refractivity contribution in [3.8, 4) is 6.07 Å². The van der Waals surface area contributed by atoms with Crippen LogP contribution in [-0.4, -0.2) is 23.6 Å². The third-order valence-corrected chi connectivity index (χ3v) is 2.15. The summed E-state index contributed by atoms with van der Waals surface area (Å²) in [5, 5.41) is 8.45. The molecule has 0 unspecified atom stereocenters. The van der Waals surface area contributed by atoms with Crippen molar-refractivity contribution in [3.05, 3.63) is 16.5 Å². The van der Waals surface area contributed by atoms with Crippen LogP contribution in [0.3, 0.4) is 0 Å². The van der Waals surface area contributed by atoms with Gasteiger partial charge in [0.2, 0.25) is 0 Å². The SMILES string of the molecule is Cc1nc(Br)cc(N(C)CCC#N)n1. The van der Waals surface area contributed by atoms with Crippen LogP contribution in [0.2, 0.25) is 0 Å². The van der Waals surface area contributed by atoms with E-state index in [2.05, 4.69) is 32.0 Å². The minimum absolute atomic E-state index is 0.497. The summed E-state index contributed by atoms with van der Waals surface area (Å²) < 4.78 is 0.767. The summed E-state index contributed by atoms with van der Waals surface area (Å²) in [6.07, 6.45) is 0.497. The van der Waals surface area contributed by atoms with Crippen molar-refractivity contribution in [2.45, 2.75) is 13.3 Å². The standard InChI is InChI=1S/C9H11BrN4/c1-7-12-8(10)6-9(13-7)14(2)5-3-4-11/h6H,3,5H2,1-2H3. The molecule has 0 N–H and O–H groups in total. The quantitative estimate of drug-likeness (QED) is 0.774. The van der Waals surface area contributed by atoms with Crippen LogP contribution >= 0.6 is 15.9 Å². The van der Waals surface area contributed by atoms with Crippen molar-refractivity contribution >= 4 is 21.7 Å². The van der Waals surface area contributed by atoms with Crippen molar-refractivity contribution < 1.29 is 0 Å². The van der Waals surface area contributed by atoms with Gasteiger partial charge >= 0.3 is 0 Å². The highest BCUT2D eigenvalue weighted by Crippen LogP contribution is 2.15. The average Bonchev–Trinajstić information content (AvgIpc) is 2.12. The number of aryl methyl sites for hydroxylation is 1. The summed E-state index contributed by atoms with van der Waals surface area (Å²) in [5.74, 6) is 1.55. The molecule has 1 aromatic heterocycles. The first-order valence-electron chi connectivity index (χ1n) is 4.22. The van der Waals surface area contributed by atoms with E-state index in [-0.39, 0.29) is 0 Å². The smallest absolute Gasteiger partial charge is 0.133 e. The zero-order valence-corrected chi connectivity index (χ0v) is 9.74. The highest BCUT2D eigenvalue weighted by molar-refractivity contribution is 9.10. The molecule has 0 saturated carbocycles. The van der Waals surface area contributed by atoms with Crippen LogP contribution in [0, 0.1) is 18.3 Å². The average molecular weight is 255 g/mol. The molecule has 5 heteroatoms. The Morgan fingerprint density at radius 2 is 2.29 bits per heavy atom. The molecule has 0 bridgehead atoms. The van der Waals surface area contributed by atoms with Gasteiger partial charge in [0.15, 0.2) is 0 Å². The Bertz CT molecular complexity index is 338. The Hall–Kier alpha value is -1.15. The fraction of sp³-hybridized carbons (Fsp3) is 0.444. The van der Waals surface area contributed by atoms with Crippen molar-refractivity contribution in [1.82, 2.24) is 9.97 Å². The Morgan fingerprint density at radius 1 is 1.57 bits per heavy atom.